The molecule has 1 aliphatic carbocycles. The standard InChI is InChI=1S/C22H27NO2/c1-14(2)16-8-10-17(11-9-16)21(23-22(24)18-12-13-18)19-6-5-7-20(25-4)15(19)3/h5-11,14,18,21H,12-13H2,1-4H3,(H,23,24)/t21-/m1/s1. The van der Waals surface area contributed by atoms with Gasteiger partial charge in [0.05, 0.1) is 13.2 Å². The van der Waals surface area contributed by atoms with E-state index in [-0.39, 0.29) is 17.9 Å². The summed E-state index contributed by atoms with van der Waals surface area (Å²) in [6.07, 6.45) is 2.00. The lowest BCUT2D eigenvalue weighted by Gasteiger charge is -2.23. The third-order valence-corrected chi connectivity index (χ3v) is 5.03. The van der Waals surface area contributed by atoms with Crippen molar-refractivity contribution in [2.45, 2.75) is 45.6 Å². The van der Waals surface area contributed by atoms with E-state index in [1.807, 2.05) is 19.1 Å². The van der Waals surface area contributed by atoms with Crippen molar-refractivity contribution in [1.82, 2.24) is 5.32 Å². The Kier molecular flexibility index (Phi) is 5.12. The SMILES string of the molecule is COc1cccc([C@H](NC(=O)C2CC2)c2ccc(C(C)C)cc2)c1C. The Hall–Kier alpha value is -2.29. The third kappa shape index (κ3) is 3.87. The Morgan fingerprint density at radius 3 is 2.28 bits per heavy atom. The lowest BCUT2D eigenvalue weighted by molar-refractivity contribution is -0.122. The Labute approximate surface area is 150 Å². The van der Waals surface area contributed by atoms with Crippen LogP contribution in [0.25, 0.3) is 0 Å². The van der Waals surface area contributed by atoms with Crippen molar-refractivity contribution in [3.05, 3.63) is 64.7 Å². The van der Waals surface area contributed by atoms with Gasteiger partial charge in [-0.05, 0) is 54.0 Å². The van der Waals surface area contributed by atoms with Gasteiger partial charge >= 0.3 is 0 Å². The topological polar surface area (TPSA) is 38.3 Å². The largest absolute Gasteiger partial charge is 0.496 e. The van der Waals surface area contributed by atoms with Crippen LogP contribution >= 0.6 is 0 Å². The van der Waals surface area contributed by atoms with Crippen molar-refractivity contribution in [2.75, 3.05) is 7.11 Å². The lowest BCUT2D eigenvalue weighted by Crippen LogP contribution is -2.31. The zero-order valence-corrected chi connectivity index (χ0v) is 15.5. The van der Waals surface area contributed by atoms with Crippen molar-refractivity contribution in [3.63, 3.8) is 0 Å². The van der Waals surface area contributed by atoms with E-state index in [1.165, 1.54) is 5.56 Å². The molecule has 1 saturated carbocycles. The zero-order valence-electron chi connectivity index (χ0n) is 15.5. The molecule has 3 nitrogen and oxygen atoms in total. The molecule has 0 radical (unpaired) electrons. The van der Waals surface area contributed by atoms with Crippen LogP contribution in [0.1, 0.15) is 60.9 Å². The molecular formula is C22H27NO2. The third-order valence-electron chi connectivity index (χ3n) is 5.03. The normalized spacial score (nSPS) is 15.1. The lowest BCUT2D eigenvalue weighted by atomic mass is 9.92. The average molecular weight is 337 g/mol. The minimum absolute atomic E-state index is 0.149. The molecule has 1 N–H and O–H groups in total. The molecule has 1 amide bonds. The van der Waals surface area contributed by atoms with Crippen LogP contribution in [0.2, 0.25) is 0 Å². The second-order valence-corrected chi connectivity index (χ2v) is 7.21. The molecule has 2 aromatic rings. The zero-order chi connectivity index (χ0) is 18.0. The summed E-state index contributed by atoms with van der Waals surface area (Å²) >= 11 is 0. The van der Waals surface area contributed by atoms with Crippen LogP contribution in [0.4, 0.5) is 0 Å². The molecule has 0 aromatic heterocycles. The van der Waals surface area contributed by atoms with Crippen molar-refractivity contribution >= 4 is 5.91 Å². The van der Waals surface area contributed by atoms with Gasteiger partial charge in [0.2, 0.25) is 5.91 Å². The molecule has 0 aliphatic heterocycles. The Morgan fingerprint density at radius 2 is 1.72 bits per heavy atom. The maximum atomic E-state index is 12.5. The first-order valence-corrected chi connectivity index (χ1v) is 9.05. The van der Waals surface area contributed by atoms with E-state index in [1.54, 1.807) is 7.11 Å². The molecule has 2 aromatic carbocycles. The minimum atomic E-state index is -0.149. The summed E-state index contributed by atoms with van der Waals surface area (Å²) in [7, 11) is 1.68. The number of amides is 1. The highest BCUT2D eigenvalue weighted by Gasteiger charge is 2.32. The number of ether oxygens (including phenoxy) is 1. The maximum absolute atomic E-state index is 12.5. The molecule has 0 spiro atoms. The predicted octanol–water partition coefficient (Wildman–Crippen LogP) is 4.74. The fourth-order valence-corrected chi connectivity index (χ4v) is 3.18. The van der Waals surface area contributed by atoms with Crippen LogP contribution in [0.15, 0.2) is 42.5 Å². The highest BCUT2D eigenvalue weighted by Crippen LogP contribution is 2.34. The van der Waals surface area contributed by atoms with Gasteiger partial charge < -0.3 is 10.1 Å². The quantitative estimate of drug-likeness (QED) is 0.826. The molecule has 0 unspecified atom stereocenters. The van der Waals surface area contributed by atoms with E-state index >= 15 is 0 Å². The Balaban J connectivity index is 1.98. The number of rotatable bonds is 6. The van der Waals surface area contributed by atoms with Gasteiger partial charge in [-0.3, -0.25) is 4.79 Å². The van der Waals surface area contributed by atoms with Crippen LogP contribution in [-0.4, -0.2) is 13.0 Å². The molecule has 1 aliphatic rings. The van der Waals surface area contributed by atoms with Crippen molar-refractivity contribution < 1.29 is 9.53 Å². The van der Waals surface area contributed by atoms with Crippen LogP contribution in [-0.2, 0) is 4.79 Å². The van der Waals surface area contributed by atoms with E-state index in [2.05, 4.69) is 49.5 Å². The molecule has 3 rings (SSSR count). The smallest absolute Gasteiger partial charge is 0.223 e. The molecule has 25 heavy (non-hydrogen) atoms. The summed E-state index contributed by atoms with van der Waals surface area (Å²) in [6, 6.07) is 14.5. The fourth-order valence-electron chi connectivity index (χ4n) is 3.18. The number of nitrogens with one attached hydrogen (secondary N) is 1. The molecule has 132 valence electrons. The van der Waals surface area contributed by atoms with Crippen LogP contribution in [0, 0.1) is 12.8 Å². The molecule has 3 heteroatoms. The van der Waals surface area contributed by atoms with E-state index in [4.69, 9.17) is 4.74 Å². The maximum Gasteiger partial charge on any atom is 0.223 e. The minimum Gasteiger partial charge on any atom is -0.496 e. The molecule has 0 saturated heterocycles. The van der Waals surface area contributed by atoms with E-state index in [9.17, 15) is 4.79 Å². The first-order chi connectivity index (χ1) is 12.0. The highest BCUT2D eigenvalue weighted by atomic mass is 16.5. The highest BCUT2D eigenvalue weighted by molar-refractivity contribution is 5.81. The Bertz CT molecular complexity index is 745. The summed E-state index contributed by atoms with van der Waals surface area (Å²) < 4.78 is 5.47. The summed E-state index contributed by atoms with van der Waals surface area (Å²) in [6.45, 7) is 6.42. The van der Waals surface area contributed by atoms with Crippen molar-refractivity contribution in [2.24, 2.45) is 5.92 Å². The van der Waals surface area contributed by atoms with Crippen molar-refractivity contribution in [1.29, 1.82) is 0 Å². The summed E-state index contributed by atoms with van der Waals surface area (Å²) in [5.74, 6) is 1.68. The molecular weight excluding hydrogens is 310 g/mol. The number of benzene rings is 2. The van der Waals surface area contributed by atoms with Gasteiger partial charge in [0.15, 0.2) is 0 Å². The first kappa shape index (κ1) is 17.5. The fraction of sp³-hybridized carbons (Fsp3) is 0.409. The van der Waals surface area contributed by atoms with E-state index < -0.39 is 0 Å². The van der Waals surface area contributed by atoms with Crippen LogP contribution < -0.4 is 10.1 Å². The number of hydrogen-bond donors (Lipinski definition) is 1. The summed E-state index contributed by atoms with van der Waals surface area (Å²) in [5, 5.41) is 3.26. The summed E-state index contributed by atoms with van der Waals surface area (Å²) in [5.41, 5.74) is 4.57. The molecule has 0 heterocycles. The predicted molar refractivity (Wildman–Crippen MR) is 101 cm³/mol. The average Bonchev–Trinajstić information content (AvgIpc) is 3.45. The number of carbonyl (C=O) groups is 1. The van der Waals surface area contributed by atoms with Gasteiger partial charge in [-0.2, -0.15) is 0 Å². The number of methoxy groups -OCH3 is 1. The Morgan fingerprint density at radius 1 is 1.08 bits per heavy atom. The van der Waals surface area contributed by atoms with Crippen LogP contribution in [0.5, 0.6) is 5.75 Å². The van der Waals surface area contributed by atoms with Crippen molar-refractivity contribution in [3.8, 4) is 5.75 Å². The first-order valence-electron chi connectivity index (χ1n) is 9.05. The second-order valence-electron chi connectivity index (χ2n) is 7.21. The molecule has 1 atom stereocenters. The molecule has 0 bridgehead atoms. The van der Waals surface area contributed by atoms with Gasteiger partial charge in [-0.15, -0.1) is 0 Å². The van der Waals surface area contributed by atoms with E-state index in [0.717, 1.165) is 35.3 Å². The van der Waals surface area contributed by atoms with Gasteiger partial charge in [0.25, 0.3) is 0 Å². The number of carbonyl (C=O) groups excluding carboxylic acids is 1. The second kappa shape index (κ2) is 7.30. The van der Waals surface area contributed by atoms with Gasteiger partial charge in [-0.1, -0.05) is 50.2 Å². The van der Waals surface area contributed by atoms with Gasteiger partial charge in [0, 0.05) is 5.92 Å². The van der Waals surface area contributed by atoms with Crippen LogP contribution in [0.3, 0.4) is 0 Å². The number of hydrogen-bond acceptors (Lipinski definition) is 2. The monoisotopic (exact) mass is 337 g/mol. The van der Waals surface area contributed by atoms with Gasteiger partial charge in [0.1, 0.15) is 5.75 Å². The van der Waals surface area contributed by atoms with Gasteiger partial charge in [-0.25, -0.2) is 0 Å². The van der Waals surface area contributed by atoms with E-state index in [0.29, 0.717) is 5.92 Å². The summed E-state index contributed by atoms with van der Waals surface area (Å²) in [4.78, 5) is 12.5. The molecule has 1 fully saturated rings.